The summed E-state index contributed by atoms with van der Waals surface area (Å²) in [4.78, 5) is 12.4. The van der Waals surface area contributed by atoms with Crippen LogP contribution >= 0.6 is 43.5 Å². The Bertz CT molecular complexity index is 1100. The van der Waals surface area contributed by atoms with Gasteiger partial charge in [-0.05, 0) is 85.5 Å². The van der Waals surface area contributed by atoms with E-state index in [0.717, 1.165) is 5.56 Å². The summed E-state index contributed by atoms with van der Waals surface area (Å²) in [6.07, 6.45) is 1.52. The Morgan fingerprint density at radius 1 is 1.07 bits per heavy atom. The number of benzene rings is 3. The van der Waals surface area contributed by atoms with Crippen LogP contribution in [0.3, 0.4) is 0 Å². The second kappa shape index (κ2) is 10.4. The molecule has 3 aromatic rings. The molecule has 1 amide bonds. The minimum Gasteiger partial charge on any atom is -0.487 e. The van der Waals surface area contributed by atoms with Gasteiger partial charge in [-0.2, -0.15) is 5.26 Å². The van der Waals surface area contributed by atoms with Crippen molar-refractivity contribution < 1.29 is 9.53 Å². The first-order valence-electron chi connectivity index (χ1n) is 8.81. The number of anilines is 1. The van der Waals surface area contributed by atoms with Crippen LogP contribution in [0.1, 0.15) is 11.1 Å². The van der Waals surface area contributed by atoms with Crippen LogP contribution < -0.4 is 10.1 Å². The molecule has 150 valence electrons. The molecule has 0 aliphatic rings. The molecular weight excluding hydrogens is 532 g/mol. The van der Waals surface area contributed by atoms with E-state index in [1.54, 1.807) is 36.4 Å². The zero-order chi connectivity index (χ0) is 21.5. The Morgan fingerprint density at radius 2 is 1.70 bits per heavy atom. The van der Waals surface area contributed by atoms with E-state index >= 15 is 0 Å². The number of amides is 1. The summed E-state index contributed by atoms with van der Waals surface area (Å²) < 4.78 is 7.31. The Hall–Kier alpha value is -2.59. The number of nitriles is 1. The molecule has 0 bridgehead atoms. The number of nitrogens with zero attached hydrogens (tertiary/aromatic N) is 1. The molecule has 0 unspecified atom stereocenters. The Kier molecular flexibility index (Phi) is 7.69. The van der Waals surface area contributed by atoms with E-state index in [4.69, 9.17) is 16.3 Å². The highest BCUT2D eigenvalue weighted by atomic mass is 79.9. The lowest BCUT2D eigenvalue weighted by molar-refractivity contribution is -0.112. The maximum atomic E-state index is 12.4. The molecule has 0 saturated heterocycles. The van der Waals surface area contributed by atoms with Crippen molar-refractivity contribution in [3.8, 4) is 11.8 Å². The maximum Gasteiger partial charge on any atom is 0.266 e. The fourth-order valence-corrected chi connectivity index (χ4v) is 4.15. The fraction of sp³-hybridized carbons (Fsp3) is 0.0435. The van der Waals surface area contributed by atoms with Crippen molar-refractivity contribution in [1.29, 1.82) is 5.26 Å². The monoisotopic (exact) mass is 544 g/mol. The molecule has 1 N–H and O–H groups in total. The molecule has 0 fully saturated rings. The minimum atomic E-state index is -0.503. The lowest BCUT2D eigenvalue weighted by Crippen LogP contribution is -2.13. The highest BCUT2D eigenvalue weighted by Crippen LogP contribution is 2.36. The van der Waals surface area contributed by atoms with Gasteiger partial charge in [0.25, 0.3) is 5.91 Å². The van der Waals surface area contributed by atoms with Crippen molar-refractivity contribution in [2.45, 2.75) is 6.61 Å². The number of carbonyl (C=O) groups is 1. The van der Waals surface area contributed by atoms with E-state index in [2.05, 4.69) is 37.2 Å². The van der Waals surface area contributed by atoms with E-state index in [1.807, 2.05) is 36.4 Å². The molecule has 0 aliphatic heterocycles. The molecule has 3 aromatic carbocycles. The molecule has 0 radical (unpaired) electrons. The molecule has 3 rings (SSSR count). The van der Waals surface area contributed by atoms with Gasteiger partial charge in [-0.3, -0.25) is 4.79 Å². The number of hydrogen-bond acceptors (Lipinski definition) is 3. The van der Waals surface area contributed by atoms with Crippen LogP contribution in [-0.4, -0.2) is 5.91 Å². The van der Waals surface area contributed by atoms with Crippen LogP contribution in [0, 0.1) is 11.3 Å². The second-order valence-electron chi connectivity index (χ2n) is 6.22. The molecule has 4 nitrogen and oxygen atoms in total. The molecule has 7 heteroatoms. The molecule has 30 heavy (non-hydrogen) atoms. The molecule has 0 saturated carbocycles. The third kappa shape index (κ3) is 5.96. The highest BCUT2D eigenvalue weighted by Gasteiger charge is 2.13. The summed E-state index contributed by atoms with van der Waals surface area (Å²) in [5.41, 5.74) is 2.24. The van der Waals surface area contributed by atoms with E-state index in [0.29, 0.717) is 37.6 Å². The van der Waals surface area contributed by atoms with Crippen LogP contribution in [-0.2, 0) is 11.4 Å². The summed E-state index contributed by atoms with van der Waals surface area (Å²) in [5, 5.41) is 12.7. The number of rotatable bonds is 6. The number of hydrogen-bond donors (Lipinski definition) is 1. The van der Waals surface area contributed by atoms with E-state index in [-0.39, 0.29) is 5.57 Å². The summed E-state index contributed by atoms with van der Waals surface area (Å²) in [6, 6.07) is 22.0. The van der Waals surface area contributed by atoms with Gasteiger partial charge in [-0.25, -0.2) is 0 Å². The van der Waals surface area contributed by atoms with Gasteiger partial charge < -0.3 is 10.1 Å². The summed E-state index contributed by atoms with van der Waals surface area (Å²) >= 11 is 12.9. The van der Waals surface area contributed by atoms with Crippen LogP contribution in [0.4, 0.5) is 5.69 Å². The summed E-state index contributed by atoms with van der Waals surface area (Å²) in [5.74, 6) is 0.136. The van der Waals surface area contributed by atoms with Crippen molar-refractivity contribution >= 4 is 61.1 Å². The molecule has 0 atom stereocenters. The predicted octanol–water partition coefficient (Wildman–Crippen LogP) is 6.99. The van der Waals surface area contributed by atoms with E-state index in [1.165, 1.54) is 6.08 Å². The second-order valence-corrected chi connectivity index (χ2v) is 8.36. The van der Waals surface area contributed by atoms with Gasteiger partial charge in [0.05, 0.1) is 8.95 Å². The first-order valence-corrected chi connectivity index (χ1v) is 10.8. The lowest BCUT2D eigenvalue weighted by atomic mass is 10.1. The quantitative estimate of drug-likeness (QED) is 0.268. The Labute approximate surface area is 196 Å². The average molecular weight is 547 g/mol. The Balaban J connectivity index is 1.76. The molecular formula is C23H15Br2ClN2O2. The van der Waals surface area contributed by atoms with Crippen LogP contribution in [0.25, 0.3) is 6.08 Å². The zero-order valence-electron chi connectivity index (χ0n) is 15.5. The van der Waals surface area contributed by atoms with Crippen LogP contribution in [0.2, 0.25) is 5.02 Å². The first kappa shape index (κ1) is 22.1. The van der Waals surface area contributed by atoms with Gasteiger partial charge >= 0.3 is 0 Å². The van der Waals surface area contributed by atoms with Gasteiger partial charge in [0.1, 0.15) is 24.0 Å². The van der Waals surface area contributed by atoms with Gasteiger partial charge in [-0.15, -0.1) is 0 Å². The van der Waals surface area contributed by atoms with Crippen molar-refractivity contribution in [2.75, 3.05) is 5.32 Å². The van der Waals surface area contributed by atoms with Gasteiger partial charge in [0.15, 0.2) is 0 Å². The van der Waals surface area contributed by atoms with Crippen molar-refractivity contribution in [1.82, 2.24) is 0 Å². The van der Waals surface area contributed by atoms with E-state index < -0.39 is 5.91 Å². The minimum absolute atomic E-state index is 0.0262. The average Bonchev–Trinajstić information content (AvgIpc) is 2.73. The Morgan fingerprint density at radius 3 is 2.30 bits per heavy atom. The van der Waals surface area contributed by atoms with Gasteiger partial charge in [0.2, 0.25) is 0 Å². The zero-order valence-corrected chi connectivity index (χ0v) is 19.5. The van der Waals surface area contributed by atoms with Gasteiger partial charge in [0, 0.05) is 10.7 Å². The standard InChI is InChI=1S/C23H15Br2ClN2O2/c24-20-11-16(12-21(25)22(20)30-14-15-4-2-1-3-5-15)10-17(13-27)23(29)28-19-8-6-18(26)7-9-19/h1-12H,14H2,(H,28,29)/b17-10-. The largest absolute Gasteiger partial charge is 0.487 e. The number of halogens is 3. The van der Waals surface area contributed by atoms with Crippen LogP contribution in [0.15, 0.2) is 81.2 Å². The van der Waals surface area contributed by atoms with Crippen molar-refractivity contribution in [3.05, 3.63) is 97.4 Å². The third-order valence-corrected chi connectivity index (χ3v) is 5.45. The molecule has 0 heterocycles. The topological polar surface area (TPSA) is 62.1 Å². The number of carbonyl (C=O) groups excluding carboxylic acids is 1. The first-order chi connectivity index (χ1) is 14.5. The fourth-order valence-electron chi connectivity index (χ4n) is 2.58. The van der Waals surface area contributed by atoms with Crippen LogP contribution in [0.5, 0.6) is 5.75 Å². The smallest absolute Gasteiger partial charge is 0.266 e. The predicted molar refractivity (Wildman–Crippen MR) is 126 cm³/mol. The third-order valence-electron chi connectivity index (χ3n) is 4.02. The van der Waals surface area contributed by atoms with E-state index in [9.17, 15) is 10.1 Å². The molecule has 0 aromatic heterocycles. The summed E-state index contributed by atoms with van der Waals surface area (Å²) in [7, 11) is 0. The highest BCUT2D eigenvalue weighted by molar-refractivity contribution is 9.11. The number of nitrogens with one attached hydrogen (secondary N) is 1. The summed E-state index contributed by atoms with van der Waals surface area (Å²) in [6.45, 7) is 0.417. The van der Waals surface area contributed by atoms with Gasteiger partial charge in [-0.1, -0.05) is 41.9 Å². The number of ether oxygens (including phenoxy) is 1. The van der Waals surface area contributed by atoms with Crippen molar-refractivity contribution in [3.63, 3.8) is 0 Å². The lowest BCUT2D eigenvalue weighted by Gasteiger charge is -2.12. The maximum absolute atomic E-state index is 12.4. The molecule has 0 aliphatic carbocycles. The molecule has 0 spiro atoms. The normalized spacial score (nSPS) is 10.9. The SMILES string of the molecule is N#C/C(=C/c1cc(Br)c(OCc2ccccc2)c(Br)c1)C(=O)Nc1ccc(Cl)cc1. The van der Waals surface area contributed by atoms with Crippen molar-refractivity contribution in [2.24, 2.45) is 0 Å².